The van der Waals surface area contributed by atoms with Crippen LogP contribution in [0.1, 0.15) is 6.42 Å². The molecule has 3 rings (SSSR count). The van der Waals surface area contributed by atoms with E-state index in [0.29, 0.717) is 24.7 Å². The number of carbonyl (C=O) groups is 2. The van der Waals surface area contributed by atoms with Gasteiger partial charge in [0.25, 0.3) is 0 Å². The molecule has 0 saturated carbocycles. The highest BCUT2D eigenvalue weighted by Gasteiger charge is 2.39. The van der Waals surface area contributed by atoms with Crippen molar-refractivity contribution in [1.29, 1.82) is 0 Å². The first-order valence-electron chi connectivity index (χ1n) is 6.62. The molecule has 5 heteroatoms. The van der Waals surface area contributed by atoms with Crippen LogP contribution in [-0.4, -0.2) is 36.5 Å². The molecule has 1 aromatic carbocycles. The van der Waals surface area contributed by atoms with Crippen LogP contribution in [0.25, 0.3) is 0 Å². The van der Waals surface area contributed by atoms with Crippen LogP contribution in [0.15, 0.2) is 30.3 Å². The predicted octanol–water partition coefficient (Wildman–Crippen LogP) is 1.29. The van der Waals surface area contributed by atoms with Gasteiger partial charge in [-0.1, -0.05) is 18.2 Å². The number of hydrogen-bond acceptors (Lipinski definition) is 3. The first-order chi connectivity index (χ1) is 9.24. The summed E-state index contributed by atoms with van der Waals surface area (Å²) in [6.45, 7) is 2.09. The Kier molecular flexibility index (Phi) is 3.21. The van der Waals surface area contributed by atoms with Crippen LogP contribution in [-0.2, 0) is 4.79 Å². The molecule has 2 fully saturated rings. The number of nitrogens with one attached hydrogen (secondary N) is 2. The molecule has 2 saturated heterocycles. The van der Waals surface area contributed by atoms with Gasteiger partial charge in [-0.05, 0) is 31.0 Å². The van der Waals surface area contributed by atoms with Gasteiger partial charge in [0.1, 0.15) is 0 Å². The van der Waals surface area contributed by atoms with Crippen molar-refractivity contribution in [3.05, 3.63) is 30.3 Å². The number of piperidine rings is 2. The maximum atomic E-state index is 12.2. The second-order valence-electron chi connectivity index (χ2n) is 5.20. The molecule has 2 aliphatic rings. The van der Waals surface area contributed by atoms with E-state index in [4.69, 9.17) is 0 Å². The Hall–Kier alpha value is -1.88. The summed E-state index contributed by atoms with van der Waals surface area (Å²) in [5.74, 6) is 0.281. The van der Waals surface area contributed by atoms with E-state index in [1.165, 1.54) is 4.90 Å². The quantitative estimate of drug-likeness (QED) is 0.799. The van der Waals surface area contributed by atoms with E-state index in [1.807, 2.05) is 30.3 Å². The number of anilines is 1. The van der Waals surface area contributed by atoms with E-state index in [2.05, 4.69) is 10.6 Å². The van der Waals surface area contributed by atoms with Crippen LogP contribution in [0.4, 0.5) is 10.5 Å². The number of likely N-dealkylation sites (tertiary alicyclic amines) is 1. The molecule has 0 aromatic heterocycles. The molecule has 2 unspecified atom stereocenters. The Morgan fingerprint density at radius 3 is 2.84 bits per heavy atom. The van der Waals surface area contributed by atoms with Crippen LogP contribution in [0, 0.1) is 11.8 Å². The molecule has 0 radical (unpaired) electrons. The number of rotatable bonds is 1. The van der Waals surface area contributed by atoms with Crippen molar-refractivity contribution < 1.29 is 9.59 Å². The summed E-state index contributed by atoms with van der Waals surface area (Å²) in [6, 6.07) is 8.91. The van der Waals surface area contributed by atoms with Gasteiger partial charge in [-0.3, -0.25) is 9.69 Å². The Bertz CT molecular complexity index is 489. The number of carbonyl (C=O) groups excluding carboxylic acids is 2. The van der Waals surface area contributed by atoms with Crippen molar-refractivity contribution in [3.8, 4) is 0 Å². The van der Waals surface area contributed by atoms with Gasteiger partial charge < -0.3 is 10.6 Å². The molecule has 1 aromatic rings. The van der Waals surface area contributed by atoms with Gasteiger partial charge >= 0.3 is 6.03 Å². The number of para-hydroxylation sites is 1. The largest absolute Gasteiger partial charge is 0.328 e. The van der Waals surface area contributed by atoms with Crippen molar-refractivity contribution in [3.63, 3.8) is 0 Å². The van der Waals surface area contributed by atoms with E-state index >= 15 is 0 Å². The third kappa shape index (κ3) is 2.46. The highest BCUT2D eigenvalue weighted by atomic mass is 16.2. The average molecular weight is 259 g/mol. The molecule has 0 aliphatic carbocycles. The fourth-order valence-corrected chi connectivity index (χ4v) is 2.82. The second kappa shape index (κ2) is 5.01. The number of nitrogens with zero attached hydrogens (tertiary/aromatic N) is 1. The summed E-state index contributed by atoms with van der Waals surface area (Å²) < 4.78 is 0. The minimum Gasteiger partial charge on any atom is -0.316 e. The van der Waals surface area contributed by atoms with Gasteiger partial charge in [0.05, 0.1) is 5.92 Å². The lowest BCUT2D eigenvalue weighted by Crippen LogP contribution is -2.57. The number of amides is 3. The summed E-state index contributed by atoms with van der Waals surface area (Å²) >= 11 is 0. The molecule has 2 N–H and O–H groups in total. The summed E-state index contributed by atoms with van der Waals surface area (Å²) in [4.78, 5) is 25.7. The number of urea groups is 1. The molecule has 3 amide bonds. The third-order valence-corrected chi connectivity index (χ3v) is 3.77. The lowest BCUT2D eigenvalue weighted by molar-refractivity contribution is -0.137. The van der Waals surface area contributed by atoms with Crippen LogP contribution >= 0.6 is 0 Å². The van der Waals surface area contributed by atoms with Crippen LogP contribution < -0.4 is 10.6 Å². The standard InChI is InChI=1S/C14H17N3O2/c18-13-11-6-10(7-15-8-11)9-17(13)14(19)16-12-4-2-1-3-5-12/h1-5,10-11,15H,6-9H2,(H,16,19). The van der Waals surface area contributed by atoms with E-state index < -0.39 is 0 Å². The minimum atomic E-state index is -0.312. The van der Waals surface area contributed by atoms with Crippen LogP contribution in [0.5, 0.6) is 0 Å². The maximum Gasteiger partial charge on any atom is 0.328 e. The van der Waals surface area contributed by atoms with E-state index in [-0.39, 0.29) is 17.9 Å². The average Bonchev–Trinajstić information content (AvgIpc) is 2.44. The first kappa shape index (κ1) is 12.2. The molecular formula is C14H17N3O2. The SMILES string of the molecule is O=C(Nc1ccccc1)N1CC2CNCC(C2)C1=O. The summed E-state index contributed by atoms with van der Waals surface area (Å²) in [7, 11) is 0. The van der Waals surface area contributed by atoms with Gasteiger partial charge in [-0.2, -0.15) is 0 Å². The monoisotopic (exact) mass is 259 g/mol. The van der Waals surface area contributed by atoms with Gasteiger partial charge in [0.2, 0.25) is 5.91 Å². The molecular weight excluding hydrogens is 242 g/mol. The number of hydrogen-bond donors (Lipinski definition) is 2. The van der Waals surface area contributed by atoms with Gasteiger partial charge in [0, 0.05) is 18.8 Å². The van der Waals surface area contributed by atoms with Crippen molar-refractivity contribution in [2.45, 2.75) is 6.42 Å². The zero-order valence-electron chi connectivity index (χ0n) is 10.6. The minimum absolute atomic E-state index is 0.0472. The van der Waals surface area contributed by atoms with E-state index in [1.54, 1.807) is 0 Å². The molecule has 19 heavy (non-hydrogen) atoms. The first-order valence-corrected chi connectivity index (χ1v) is 6.62. The lowest BCUT2D eigenvalue weighted by Gasteiger charge is -2.39. The fraction of sp³-hybridized carbons (Fsp3) is 0.429. The molecule has 2 bridgehead atoms. The van der Waals surface area contributed by atoms with Gasteiger partial charge in [-0.25, -0.2) is 4.79 Å². The summed E-state index contributed by atoms with van der Waals surface area (Å²) in [5.41, 5.74) is 0.717. The molecule has 2 aliphatic heterocycles. The second-order valence-corrected chi connectivity index (χ2v) is 5.20. The molecule has 100 valence electrons. The molecule has 2 atom stereocenters. The van der Waals surface area contributed by atoms with Crippen molar-refractivity contribution >= 4 is 17.6 Å². The molecule has 2 heterocycles. The van der Waals surface area contributed by atoms with E-state index in [9.17, 15) is 9.59 Å². The third-order valence-electron chi connectivity index (χ3n) is 3.77. The zero-order chi connectivity index (χ0) is 13.2. The Labute approximate surface area is 112 Å². The molecule has 5 nitrogen and oxygen atoms in total. The maximum absolute atomic E-state index is 12.2. The predicted molar refractivity (Wildman–Crippen MR) is 71.6 cm³/mol. The van der Waals surface area contributed by atoms with Crippen molar-refractivity contribution in [2.75, 3.05) is 25.0 Å². The number of fused-ring (bicyclic) bond motifs is 2. The number of benzene rings is 1. The van der Waals surface area contributed by atoms with Crippen molar-refractivity contribution in [1.82, 2.24) is 10.2 Å². The fourth-order valence-electron chi connectivity index (χ4n) is 2.82. The Morgan fingerprint density at radius 1 is 1.26 bits per heavy atom. The zero-order valence-corrected chi connectivity index (χ0v) is 10.6. The van der Waals surface area contributed by atoms with Crippen LogP contribution in [0.2, 0.25) is 0 Å². The Morgan fingerprint density at radius 2 is 2.05 bits per heavy atom. The summed E-state index contributed by atoms with van der Waals surface area (Å²) in [6.07, 6.45) is 0.904. The lowest BCUT2D eigenvalue weighted by atomic mass is 9.85. The smallest absolute Gasteiger partial charge is 0.316 e. The summed E-state index contributed by atoms with van der Waals surface area (Å²) in [5, 5.41) is 6.02. The number of imide groups is 1. The Balaban J connectivity index is 1.71. The molecule has 0 spiro atoms. The highest BCUT2D eigenvalue weighted by molar-refractivity contribution is 6.02. The van der Waals surface area contributed by atoms with Crippen molar-refractivity contribution in [2.24, 2.45) is 11.8 Å². The normalized spacial score (nSPS) is 26.1. The van der Waals surface area contributed by atoms with Crippen LogP contribution in [0.3, 0.4) is 0 Å². The highest BCUT2D eigenvalue weighted by Crippen LogP contribution is 2.26. The van der Waals surface area contributed by atoms with Gasteiger partial charge in [-0.15, -0.1) is 0 Å². The topological polar surface area (TPSA) is 61.4 Å². The van der Waals surface area contributed by atoms with E-state index in [0.717, 1.165) is 13.0 Å². The van der Waals surface area contributed by atoms with Gasteiger partial charge in [0.15, 0.2) is 0 Å².